The van der Waals surface area contributed by atoms with Crippen LogP contribution in [0.5, 0.6) is 0 Å². The van der Waals surface area contributed by atoms with Gasteiger partial charge in [0.1, 0.15) is 0 Å². The number of nitrogens with zero attached hydrogens (tertiary/aromatic N) is 3. The summed E-state index contributed by atoms with van der Waals surface area (Å²) in [7, 11) is -1.44. The molecule has 0 aromatic carbocycles. The van der Waals surface area contributed by atoms with E-state index in [0.717, 1.165) is 51.5 Å². The average Bonchev–Trinajstić information content (AvgIpc) is 3.03. The van der Waals surface area contributed by atoms with E-state index in [-0.39, 0.29) is 5.75 Å². The first-order valence-electron chi connectivity index (χ1n) is 10.1. The molecule has 2 N–H and O–H groups in total. The second-order valence-electron chi connectivity index (χ2n) is 7.52. The van der Waals surface area contributed by atoms with Gasteiger partial charge in [0, 0.05) is 39.8 Å². The maximum Gasteiger partial charge on any atom is 0.213 e. The van der Waals surface area contributed by atoms with E-state index in [2.05, 4.69) is 38.7 Å². The average molecular weight is 388 g/mol. The summed E-state index contributed by atoms with van der Waals surface area (Å²) in [5.74, 6) is 2.11. The fourth-order valence-electron chi connectivity index (χ4n) is 3.66. The van der Waals surface area contributed by atoms with Crippen LogP contribution in [-0.2, 0) is 10.0 Å². The highest BCUT2D eigenvalue weighted by atomic mass is 32.2. The predicted molar refractivity (Wildman–Crippen MR) is 108 cm³/mol. The molecule has 1 heterocycles. The lowest BCUT2D eigenvalue weighted by molar-refractivity contribution is 0.255. The van der Waals surface area contributed by atoms with Gasteiger partial charge >= 0.3 is 0 Å². The van der Waals surface area contributed by atoms with Crippen molar-refractivity contribution in [1.29, 1.82) is 0 Å². The molecule has 7 nitrogen and oxygen atoms in total. The van der Waals surface area contributed by atoms with Crippen LogP contribution in [0.15, 0.2) is 4.99 Å². The monoisotopic (exact) mass is 387 g/mol. The second-order valence-corrected chi connectivity index (χ2v) is 9.45. The van der Waals surface area contributed by atoms with Gasteiger partial charge in [-0.15, -0.1) is 0 Å². The fourth-order valence-corrected chi connectivity index (χ4v) is 4.67. The number of guanidine groups is 1. The summed E-state index contributed by atoms with van der Waals surface area (Å²) in [4.78, 5) is 9.06. The Kier molecular flexibility index (Phi) is 8.63. The van der Waals surface area contributed by atoms with Gasteiger partial charge in [0.2, 0.25) is 10.0 Å². The molecule has 1 atom stereocenters. The summed E-state index contributed by atoms with van der Waals surface area (Å²) >= 11 is 0. The van der Waals surface area contributed by atoms with Crippen molar-refractivity contribution in [3.05, 3.63) is 0 Å². The minimum atomic E-state index is -3.21. The Balaban J connectivity index is 1.70. The van der Waals surface area contributed by atoms with E-state index >= 15 is 0 Å². The molecule has 1 aliphatic carbocycles. The first kappa shape index (κ1) is 21.4. The van der Waals surface area contributed by atoms with E-state index in [9.17, 15) is 8.42 Å². The first-order chi connectivity index (χ1) is 12.5. The minimum absolute atomic E-state index is 0.0927. The number of hydrogen-bond donors (Lipinski definition) is 2. The molecule has 2 fully saturated rings. The van der Waals surface area contributed by atoms with Crippen molar-refractivity contribution in [3.8, 4) is 0 Å². The maximum absolute atomic E-state index is 12.1. The van der Waals surface area contributed by atoms with Crippen molar-refractivity contribution in [2.75, 3.05) is 58.6 Å². The Morgan fingerprint density at radius 3 is 2.50 bits per heavy atom. The molecule has 0 aromatic rings. The van der Waals surface area contributed by atoms with Gasteiger partial charge in [-0.3, -0.25) is 4.99 Å². The highest BCUT2D eigenvalue weighted by Crippen LogP contribution is 2.25. The summed E-state index contributed by atoms with van der Waals surface area (Å²) in [6, 6.07) is 0. The predicted octanol–water partition coefficient (Wildman–Crippen LogP) is 0.945. The van der Waals surface area contributed by atoms with Crippen molar-refractivity contribution >= 4 is 16.0 Å². The van der Waals surface area contributed by atoms with Gasteiger partial charge in [-0.05, 0) is 44.2 Å². The van der Waals surface area contributed by atoms with Crippen molar-refractivity contribution in [2.45, 2.75) is 39.5 Å². The molecule has 1 unspecified atom stereocenters. The van der Waals surface area contributed by atoms with E-state index < -0.39 is 10.0 Å². The zero-order valence-electron chi connectivity index (χ0n) is 16.7. The molecule has 26 heavy (non-hydrogen) atoms. The van der Waals surface area contributed by atoms with E-state index in [1.807, 2.05) is 0 Å². The first-order valence-corrected chi connectivity index (χ1v) is 11.8. The van der Waals surface area contributed by atoms with Crippen LogP contribution in [0.1, 0.15) is 39.5 Å². The number of nitrogens with one attached hydrogen (secondary N) is 2. The highest BCUT2D eigenvalue weighted by Gasteiger charge is 2.26. The summed E-state index contributed by atoms with van der Waals surface area (Å²) in [5.41, 5.74) is 0. The quantitative estimate of drug-likeness (QED) is 0.431. The molecule has 0 radical (unpaired) electrons. The lowest BCUT2D eigenvalue weighted by Gasteiger charge is -2.25. The molecule has 1 aliphatic heterocycles. The van der Waals surface area contributed by atoms with Crippen LogP contribution < -0.4 is 10.0 Å². The van der Waals surface area contributed by atoms with Gasteiger partial charge in [0.05, 0.1) is 5.75 Å². The Hall–Kier alpha value is -0.860. The maximum atomic E-state index is 12.1. The largest absolute Gasteiger partial charge is 0.355 e. The standard InChI is InChI=1S/C18H37N5O2S/c1-4-22(5-2)14-17-9-11-23(15-17)18(19-3)20-10-12-26(24,25)21-13-16-7-6-8-16/h16-17,21H,4-15H2,1-3H3,(H,19,20). The van der Waals surface area contributed by atoms with Crippen LogP contribution in [0.4, 0.5) is 0 Å². The number of sulfonamides is 1. The van der Waals surface area contributed by atoms with E-state index in [1.54, 1.807) is 7.05 Å². The van der Waals surface area contributed by atoms with E-state index in [1.165, 1.54) is 12.8 Å². The third-order valence-corrected chi connectivity index (χ3v) is 7.03. The molecule has 2 rings (SSSR count). The third-order valence-electron chi connectivity index (χ3n) is 5.68. The normalized spacial score (nSPS) is 22.1. The van der Waals surface area contributed by atoms with E-state index in [4.69, 9.17) is 0 Å². The van der Waals surface area contributed by atoms with Crippen molar-refractivity contribution in [2.24, 2.45) is 16.8 Å². The molecule has 2 aliphatic rings. The Morgan fingerprint density at radius 2 is 1.92 bits per heavy atom. The Bertz CT molecular complexity index is 544. The Morgan fingerprint density at radius 1 is 1.19 bits per heavy atom. The minimum Gasteiger partial charge on any atom is -0.355 e. The summed E-state index contributed by atoms with van der Waals surface area (Å²) in [6.45, 7) is 10.7. The van der Waals surface area contributed by atoms with Crippen LogP contribution in [-0.4, -0.2) is 82.8 Å². The lowest BCUT2D eigenvalue weighted by Crippen LogP contribution is -2.44. The molecule has 1 saturated carbocycles. The molecular formula is C18H37N5O2S. The molecular weight excluding hydrogens is 350 g/mol. The summed E-state index contributed by atoms with van der Waals surface area (Å²) in [5, 5.41) is 3.23. The van der Waals surface area contributed by atoms with Crippen LogP contribution in [0, 0.1) is 11.8 Å². The van der Waals surface area contributed by atoms with Gasteiger partial charge in [-0.25, -0.2) is 13.1 Å². The van der Waals surface area contributed by atoms with Crippen molar-refractivity contribution < 1.29 is 8.42 Å². The zero-order chi connectivity index (χ0) is 19.0. The van der Waals surface area contributed by atoms with Crippen LogP contribution in [0.3, 0.4) is 0 Å². The van der Waals surface area contributed by atoms with Gasteiger partial charge in [-0.1, -0.05) is 20.3 Å². The molecule has 1 saturated heterocycles. The summed E-state index contributed by atoms with van der Waals surface area (Å²) in [6.07, 6.45) is 4.70. The van der Waals surface area contributed by atoms with Crippen LogP contribution in [0.25, 0.3) is 0 Å². The summed E-state index contributed by atoms with van der Waals surface area (Å²) < 4.78 is 26.9. The fraction of sp³-hybridized carbons (Fsp3) is 0.944. The van der Waals surface area contributed by atoms with Crippen molar-refractivity contribution in [1.82, 2.24) is 19.8 Å². The Labute approximate surface area is 159 Å². The SMILES string of the molecule is CCN(CC)CC1CCN(C(=NC)NCCS(=O)(=O)NCC2CCC2)C1. The smallest absolute Gasteiger partial charge is 0.213 e. The third kappa shape index (κ3) is 6.70. The molecule has 0 bridgehead atoms. The molecule has 0 spiro atoms. The topological polar surface area (TPSA) is 77.0 Å². The molecule has 152 valence electrons. The number of hydrogen-bond acceptors (Lipinski definition) is 4. The highest BCUT2D eigenvalue weighted by molar-refractivity contribution is 7.89. The molecule has 0 amide bonds. The number of aliphatic imine (C=N–C) groups is 1. The number of likely N-dealkylation sites (tertiary alicyclic amines) is 1. The van der Waals surface area contributed by atoms with Crippen molar-refractivity contribution in [3.63, 3.8) is 0 Å². The van der Waals surface area contributed by atoms with Crippen LogP contribution >= 0.6 is 0 Å². The molecule has 8 heteroatoms. The molecule has 0 aromatic heterocycles. The van der Waals surface area contributed by atoms with Gasteiger partial charge in [0.25, 0.3) is 0 Å². The zero-order valence-corrected chi connectivity index (χ0v) is 17.5. The number of rotatable bonds is 10. The van der Waals surface area contributed by atoms with Gasteiger partial charge in [-0.2, -0.15) is 0 Å². The van der Waals surface area contributed by atoms with E-state index in [0.29, 0.717) is 24.9 Å². The van der Waals surface area contributed by atoms with Gasteiger partial charge < -0.3 is 15.1 Å². The second kappa shape index (κ2) is 10.5. The lowest BCUT2D eigenvalue weighted by atomic mass is 9.86. The van der Waals surface area contributed by atoms with Gasteiger partial charge in [0.15, 0.2) is 5.96 Å². The van der Waals surface area contributed by atoms with Crippen LogP contribution in [0.2, 0.25) is 0 Å².